The molecule has 0 amide bonds. The zero-order valence-electron chi connectivity index (χ0n) is 13.1. The molecule has 110 valence electrons. The Morgan fingerprint density at radius 1 is 1.21 bits per heavy atom. The lowest BCUT2D eigenvalue weighted by atomic mass is 9.81. The standard InChI is InChI=1S/C14H28N4O/c1-7-8-15-11(4)12-17-18-13(19-12)16-9-14(5,6)10(2)3/h10-11,15H,7-9H2,1-6H3,(H,16,18). The van der Waals surface area contributed by atoms with Crippen molar-refractivity contribution in [3.05, 3.63) is 5.89 Å². The Morgan fingerprint density at radius 2 is 1.89 bits per heavy atom. The van der Waals surface area contributed by atoms with E-state index in [1.807, 2.05) is 6.92 Å². The van der Waals surface area contributed by atoms with Gasteiger partial charge in [0.05, 0.1) is 6.04 Å². The van der Waals surface area contributed by atoms with Gasteiger partial charge in [-0.15, -0.1) is 5.10 Å². The van der Waals surface area contributed by atoms with Crippen molar-refractivity contribution in [3.63, 3.8) is 0 Å². The van der Waals surface area contributed by atoms with Crippen LogP contribution < -0.4 is 10.6 Å². The lowest BCUT2D eigenvalue weighted by Gasteiger charge is -2.28. The molecule has 1 atom stereocenters. The number of nitrogens with zero attached hydrogens (tertiary/aromatic N) is 2. The second-order valence-electron chi connectivity index (χ2n) is 6.12. The first-order valence-electron chi connectivity index (χ1n) is 7.17. The van der Waals surface area contributed by atoms with Crippen LogP contribution in [0.4, 0.5) is 6.01 Å². The zero-order chi connectivity index (χ0) is 14.5. The van der Waals surface area contributed by atoms with Gasteiger partial charge in [-0.2, -0.15) is 0 Å². The Balaban J connectivity index is 2.51. The lowest BCUT2D eigenvalue weighted by Crippen LogP contribution is -2.28. The summed E-state index contributed by atoms with van der Waals surface area (Å²) in [5, 5.41) is 14.7. The highest BCUT2D eigenvalue weighted by atomic mass is 16.4. The molecule has 1 aromatic rings. The fourth-order valence-electron chi connectivity index (χ4n) is 1.44. The molecular weight excluding hydrogens is 240 g/mol. The molecule has 0 fully saturated rings. The molecule has 1 unspecified atom stereocenters. The first-order valence-corrected chi connectivity index (χ1v) is 7.17. The van der Waals surface area contributed by atoms with E-state index in [2.05, 4.69) is 55.4 Å². The molecule has 2 N–H and O–H groups in total. The molecule has 0 bridgehead atoms. The Hall–Kier alpha value is -1.10. The third-order valence-electron chi connectivity index (χ3n) is 3.77. The van der Waals surface area contributed by atoms with E-state index in [0.717, 1.165) is 19.5 Å². The molecule has 1 rings (SSSR count). The first-order chi connectivity index (χ1) is 8.86. The Labute approximate surface area is 116 Å². The summed E-state index contributed by atoms with van der Waals surface area (Å²) in [5.74, 6) is 1.23. The molecule has 0 aromatic carbocycles. The second kappa shape index (κ2) is 6.89. The molecule has 0 aliphatic heterocycles. The highest BCUT2D eigenvalue weighted by molar-refractivity contribution is 5.18. The molecule has 0 aliphatic carbocycles. The molecule has 1 heterocycles. The van der Waals surface area contributed by atoms with Crippen LogP contribution in [0, 0.1) is 11.3 Å². The number of anilines is 1. The Bertz CT molecular complexity index is 373. The van der Waals surface area contributed by atoms with E-state index in [1.54, 1.807) is 0 Å². The SMILES string of the molecule is CCCNC(C)c1nnc(NCC(C)(C)C(C)C)o1. The highest BCUT2D eigenvalue weighted by Crippen LogP contribution is 2.26. The van der Waals surface area contributed by atoms with Gasteiger partial charge in [-0.3, -0.25) is 0 Å². The summed E-state index contributed by atoms with van der Waals surface area (Å²) in [4.78, 5) is 0. The van der Waals surface area contributed by atoms with Crippen LogP contribution in [0.2, 0.25) is 0 Å². The molecule has 0 saturated heterocycles. The van der Waals surface area contributed by atoms with E-state index in [1.165, 1.54) is 0 Å². The van der Waals surface area contributed by atoms with Crippen LogP contribution in [0.15, 0.2) is 4.42 Å². The minimum Gasteiger partial charge on any atom is -0.406 e. The lowest BCUT2D eigenvalue weighted by molar-refractivity contribution is 0.267. The van der Waals surface area contributed by atoms with Crippen molar-refractivity contribution in [2.75, 3.05) is 18.4 Å². The van der Waals surface area contributed by atoms with Crippen LogP contribution in [0.3, 0.4) is 0 Å². The smallest absolute Gasteiger partial charge is 0.315 e. The van der Waals surface area contributed by atoms with Gasteiger partial charge in [0.15, 0.2) is 0 Å². The number of hydrogen-bond acceptors (Lipinski definition) is 5. The maximum absolute atomic E-state index is 5.62. The maximum Gasteiger partial charge on any atom is 0.315 e. The Kier molecular flexibility index (Phi) is 5.79. The number of aromatic nitrogens is 2. The van der Waals surface area contributed by atoms with Crippen molar-refractivity contribution < 1.29 is 4.42 Å². The summed E-state index contributed by atoms with van der Waals surface area (Å²) >= 11 is 0. The molecule has 1 aromatic heterocycles. The van der Waals surface area contributed by atoms with Crippen molar-refractivity contribution in [2.24, 2.45) is 11.3 Å². The molecule has 19 heavy (non-hydrogen) atoms. The largest absolute Gasteiger partial charge is 0.406 e. The fourth-order valence-corrected chi connectivity index (χ4v) is 1.44. The van der Waals surface area contributed by atoms with E-state index in [-0.39, 0.29) is 11.5 Å². The van der Waals surface area contributed by atoms with Crippen molar-refractivity contribution in [1.29, 1.82) is 0 Å². The minimum absolute atomic E-state index is 0.0982. The number of rotatable bonds is 8. The predicted molar refractivity (Wildman–Crippen MR) is 78.1 cm³/mol. The third-order valence-corrected chi connectivity index (χ3v) is 3.77. The molecule has 0 saturated carbocycles. The summed E-state index contributed by atoms with van der Waals surface area (Å²) in [6.07, 6.45) is 1.09. The highest BCUT2D eigenvalue weighted by Gasteiger charge is 2.23. The van der Waals surface area contributed by atoms with Crippen LogP contribution in [-0.2, 0) is 0 Å². The molecule has 0 radical (unpaired) electrons. The first kappa shape index (κ1) is 16.0. The van der Waals surface area contributed by atoms with Crippen molar-refractivity contribution >= 4 is 6.01 Å². The van der Waals surface area contributed by atoms with E-state index >= 15 is 0 Å². The van der Waals surface area contributed by atoms with E-state index in [4.69, 9.17) is 4.42 Å². The average Bonchev–Trinajstić information content (AvgIpc) is 2.82. The normalized spacial score (nSPS) is 13.8. The summed E-state index contributed by atoms with van der Waals surface area (Å²) in [5.41, 5.74) is 0.195. The molecule has 0 spiro atoms. The topological polar surface area (TPSA) is 63.0 Å². The van der Waals surface area contributed by atoms with Crippen LogP contribution in [0.1, 0.15) is 59.9 Å². The van der Waals surface area contributed by atoms with Crippen LogP contribution in [0.5, 0.6) is 0 Å². The summed E-state index contributed by atoms with van der Waals surface area (Å²) in [6, 6.07) is 0.606. The third kappa shape index (κ3) is 4.82. The van der Waals surface area contributed by atoms with E-state index in [9.17, 15) is 0 Å². The monoisotopic (exact) mass is 268 g/mol. The maximum atomic E-state index is 5.62. The van der Waals surface area contributed by atoms with Gasteiger partial charge in [0.25, 0.3) is 0 Å². The summed E-state index contributed by atoms with van der Waals surface area (Å²) < 4.78 is 5.62. The molecule has 5 nitrogen and oxygen atoms in total. The predicted octanol–water partition coefficient (Wildman–Crippen LogP) is 3.22. The number of nitrogens with one attached hydrogen (secondary N) is 2. The van der Waals surface area contributed by atoms with Crippen molar-refractivity contribution in [1.82, 2.24) is 15.5 Å². The van der Waals surface area contributed by atoms with Gasteiger partial charge in [0, 0.05) is 6.54 Å². The van der Waals surface area contributed by atoms with Gasteiger partial charge in [-0.1, -0.05) is 39.7 Å². The van der Waals surface area contributed by atoms with Gasteiger partial charge in [-0.05, 0) is 31.2 Å². The zero-order valence-corrected chi connectivity index (χ0v) is 13.1. The van der Waals surface area contributed by atoms with Crippen LogP contribution in [0.25, 0.3) is 0 Å². The van der Waals surface area contributed by atoms with Gasteiger partial charge in [0.2, 0.25) is 5.89 Å². The second-order valence-corrected chi connectivity index (χ2v) is 6.12. The Morgan fingerprint density at radius 3 is 2.47 bits per heavy atom. The van der Waals surface area contributed by atoms with Crippen molar-refractivity contribution in [3.8, 4) is 0 Å². The quantitative estimate of drug-likeness (QED) is 0.758. The van der Waals surface area contributed by atoms with Gasteiger partial charge in [-0.25, -0.2) is 0 Å². The van der Waals surface area contributed by atoms with Crippen LogP contribution >= 0.6 is 0 Å². The summed E-state index contributed by atoms with van der Waals surface area (Å²) in [7, 11) is 0. The minimum atomic E-state index is 0.0982. The van der Waals surface area contributed by atoms with E-state index in [0.29, 0.717) is 17.8 Å². The number of hydrogen-bond donors (Lipinski definition) is 2. The van der Waals surface area contributed by atoms with Gasteiger partial charge >= 0.3 is 6.01 Å². The molecule has 0 aliphatic rings. The van der Waals surface area contributed by atoms with Crippen LogP contribution in [-0.4, -0.2) is 23.3 Å². The molecular formula is C14H28N4O. The fraction of sp³-hybridized carbons (Fsp3) is 0.857. The van der Waals surface area contributed by atoms with Gasteiger partial charge in [0.1, 0.15) is 0 Å². The average molecular weight is 268 g/mol. The van der Waals surface area contributed by atoms with Gasteiger partial charge < -0.3 is 15.1 Å². The summed E-state index contributed by atoms with van der Waals surface area (Å²) in [6.45, 7) is 14.8. The van der Waals surface area contributed by atoms with E-state index < -0.39 is 0 Å². The van der Waals surface area contributed by atoms with Crippen molar-refractivity contribution in [2.45, 2.75) is 54.0 Å². The molecule has 5 heteroatoms.